The minimum atomic E-state index is -3.69. The molecule has 5 aliphatic carbocycles. The fraction of sp³-hybridized carbons (Fsp3) is 0.823. The summed E-state index contributed by atoms with van der Waals surface area (Å²) in [4.78, 5) is 120. The Labute approximate surface area is 698 Å². The van der Waals surface area contributed by atoms with E-state index in [-0.39, 0.29) is 131 Å². The van der Waals surface area contributed by atoms with Crippen LogP contribution in [0.3, 0.4) is 0 Å². The number of aliphatic hydroxyl groups excluding tert-OH is 9. The number of aliphatic hydroxyl groups is 9. The zero-order valence-electron chi connectivity index (χ0n) is 67.9. The molecule has 0 aromatic heterocycles. The van der Waals surface area contributed by atoms with Crippen LogP contribution in [0.4, 0.5) is 0 Å². The van der Waals surface area contributed by atoms with Gasteiger partial charge in [0.1, 0.15) is 66.8 Å². The first-order chi connectivity index (χ1) is 55.8. The lowest BCUT2D eigenvalue weighted by Crippen LogP contribution is -2.66. The first-order valence-corrected chi connectivity index (χ1v) is 44.7. The number of fused-ring (bicyclic) bond motifs is 15. The number of aliphatic carboxylic acids is 1. The van der Waals surface area contributed by atoms with Gasteiger partial charge in [0, 0.05) is 50.0 Å². The molecule has 23 N–H and O–H groups in total. The monoisotopic (exact) mass is 1730 g/mol. The Kier molecular flexibility index (Phi) is 33.4. The van der Waals surface area contributed by atoms with E-state index < -0.39 is 268 Å². The van der Waals surface area contributed by atoms with Crippen molar-refractivity contribution in [3.05, 3.63) is 17.7 Å². The molecule has 2 saturated heterocycles. The lowest BCUT2D eigenvalue weighted by Gasteiger charge is -2.51. The van der Waals surface area contributed by atoms with Crippen molar-refractivity contribution in [1.29, 1.82) is 0 Å². The number of carbonyl (C=O) groups is 8. The van der Waals surface area contributed by atoms with Crippen molar-refractivity contribution in [1.82, 2.24) is 47.3 Å². The molecule has 668 valence electrons. The molecule has 6 aliphatic heterocycles. The Morgan fingerprint density at radius 3 is 1.92 bits per heavy atom. The smallest absolute Gasteiger partial charge is 0.326 e. The third-order valence-electron chi connectivity index (χ3n) is 26.0. The predicted molar refractivity (Wildman–Crippen MR) is 426 cm³/mol. The number of hydrogen-bond donors (Lipinski definition) is 21. The van der Waals surface area contributed by atoms with Gasteiger partial charge in [0.2, 0.25) is 57.1 Å². The van der Waals surface area contributed by atoms with Crippen LogP contribution in [-0.4, -0.2) is 284 Å². The number of rotatable bonds is 27. The number of nitrogens with two attached hydrogens (primary N) is 2. The van der Waals surface area contributed by atoms with Crippen molar-refractivity contribution in [3.8, 4) is 17.2 Å². The van der Waals surface area contributed by atoms with E-state index in [2.05, 4.69) is 54.2 Å². The molecule has 7 amide bonds. The van der Waals surface area contributed by atoms with Crippen molar-refractivity contribution in [3.63, 3.8) is 0 Å². The number of amides is 7. The van der Waals surface area contributed by atoms with E-state index in [4.69, 9.17) is 58.4 Å². The topological polar surface area (TPSA) is 579 Å². The van der Waals surface area contributed by atoms with E-state index in [1.807, 2.05) is 13.8 Å². The molecule has 0 radical (unpaired) electrons. The number of primary amides is 1. The molecule has 12 rings (SSSR count). The normalized spacial score (nSPS) is 39.1. The third-order valence-corrected chi connectivity index (χ3v) is 28.4. The fourth-order valence-corrected chi connectivity index (χ4v) is 21.3. The Bertz CT molecular complexity index is 3730. The highest BCUT2D eigenvalue weighted by Crippen LogP contribution is 2.51. The van der Waals surface area contributed by atoms with Gasteiger partial charge in [0.05, 0.1) is 77.8 Å². The summed E-state index contributed by atoms with van der Waals surface area (Å²) < 4.78 is 62.5. The third kappa shape index (κ3) is 23.0. The second-order valence-electron chi connectivity index (χ2n) is 35.1. The summed E-state index contributed by atoms with van der Waals surface area (Å²) in [5, 5.41) is 139. The average molecular weight is 1730 g/mol. The molecule has 5 unspecified atom stereocenters. The van der Waals surface area contributed by atoms with Crippen LogP contribution in [0.5, 0.6) is 17.2 Å². The Balaban J connectivity index is 1.10. The van der Waals surface area contributed by atoms with Gasteiger partial charge < -0.3 is 129 Å². The van der Waals surface area contributed by atoms with Crippen molar-refractivity contribution in [2.24, 2.45) is 64.7 Å². The van der Waals surface area contributed by atoms with Crippen molar-refractivity contribution >= 4 is 80.5 Å². The van der Waals surface area contributed by atoms with Gasteiger partial charge in [-0.15, -0.1) is 23.2 Å². The number of carbonyl (C=O) groups excluding carboxylic acids is 7. The summed E-state index contributed by atoms with van der Waals surface area (Å²) in [5.41, 5.74) is 10.9. The van der Waals surface area contributed by atoms with Gasteiger partial charge in [0.25, 0.3) is 0 Å². The van der Waals surface area contributed by atoms with E-state index in [0.29, 0.717) is 6.42 Å². The van der Waals surface area contributed by atoms with E-state index in [9.17, 15) is 73.9 Å². The maximum atomic E-state index is 16.5. The van der Waals surface area contributed by atoms with E-state index >= 15 is 24.0 Å². The molecule has 118 heavy (non-hydrogen) atoms. The molecule has 11 bridgehead atoms. The van der Waals surface area contributed by atoms with Crippen LogP contribution in [-0.2, 0) is 57.9 Å². The maximum Gasteiger partial charge on any atom is 0.326 e. The average Bonchev–Trinajstić information content (AvgIpc) is 0.758. The molecule has 6 heterocycles. The lowest BCUT2D eigenvalue weighted by atomic mass is 9.58. The van der Waals surface area contributed by atoms with Gasteiger partial charge in [-0.25, -0.2) is 17.9 Å². The second-order valence-corrected chi connectivity index (χ2v) is 38.2. The summed E-state index contributed by atoms with van der Waals surface area (Å²) in [5.74, 6) is -20.2. The zero-order valence-corrected chi connectivity index (χ0v) is 70.3. The first kappa shape index (κ1) is 94.6. The molecule has 7 fully saturated rings. The number of carboxylic acids is 1. The standard InChI is InChI=1S/C79H127Cl2N11O25S/c1-7-8-9-10-11-12-13-22-118(111,112)86-21-20-85-33-44-50(95)30-43-58(67(44)100)42-24-37(14-17-49(42)94)59-74(105)92-63(77(108)90-61(43)78(109)110)65(98)39-16-19-52(46(81)26-39)115-54-28-40-27-53(69(54)116-55-29-41(34-93)66(99)68(101)70(55)117-57-32-79(5,83)71(102)36(4)113-57)114-51-18-15-38(25-45(51)80)64(97)62(91-72(103)47(84-6)23-35(2)3)76(107)87-48(31-56(82)96)73(104)88-60(40)75(106)89-59/h27-28,35-39,41-52,55,57-68,70-71,84-86,93-95,97-102H,7-26,29-34,83H2,1-6H3,(H2,82,96)(H,87,107)(H,88,104)(H,89,106)(H,90,108)(H,91,103)(H,92,105)(H,109,110)/t36-,37-,38-,39-,41+,42?,43?,44?,45+,46-,47+,48-,49+,50-,51+,52+,55+,57-,58?,59+,60+,61-,62+,63-,64+,65+,66+,67?,68-,70-,71+,79-/m0/s1. The van der Waals surface area contributed by atoms with E-state index in [0.717, 1.165) is 38.5 Å². The second kappa shape index (κ2) is 41.7. The van der Waals surface area contributed by atoms with Crippen LogP contribution in [0.1, 0.15) is 181 Å². The molecule has 0 spiro atoms. The number of hydrogen-bond acceptors (Lipinski definition) is 27. The Hall–Kier alpha value is -5.69. The highest BCUT2D eigenvalue weighted by molar-refractivity contribution is 7.89. The van der Waals surface area contributed by atoms with E-state index in [1.54, 1.807) is 13.8 Å². The number of benzene rings is 1. The van der Waals surface area contributed by atoms with Crippen LogP contribution < -0.4 is 72.9 Å². The number of sulfonamides is 1. The minimum Gasteiger partial charge on any atom is -0.485 e. The van der Waals surface area contributed by atoms with Gasteiger partial charge >= 0.3 is 5.97 Å². The molecular weight excluding hydrogens is 1610 g/mol. The number of alkyl halides is 2. The Morgan fingerprint density at radius 2 is 1.32 bits per heavy atom. The van der Waals surface area contributed by atoms with Crippen LogP contribution in [0, 0.1) is 53.3 Å². The summed E-state index contributed by atoms with van der Waals surface area (Å²) >= 11 is 14.9. The maximum absolute atomic E-state index is 16.5. The quantitative estimate of drug-likeness (QED) is 0.0335. The van der Waals surface area contributed by atoms with Gasteiger partial charge in [-0.3, -0.25) is 33.6 Å². The predicted octanol–water partition coefficient (Wildman–Crippen LogP) is -1.97. The van der Waals surface area contributed by atoms with Gasteiger partial charge in [0.15, 0.2) is 17.8 Å². The van der Waals surface area contributed by atoms with Gasteiger partial charge in [-0.2, -0.15) is 0 Å². The highest BCUT2D eigenvalue weighted by Gasteiger charge is 2.57. The first-order valence-electron chi connectivity index (χ1n) is 42.1. The van der Waals surface area contributed by atoms with Crippen molar-refractivity contribution in [2.75, 3.05) is 39.0 Å². The van der Waals surface area contributed by atoms with Crippen LogP contribution >= 0.6 is 23.2 Å². The molecule has 32 atom stereocenters. The largest absolute Gasteiger partial charge is 0.485 e. The van der Waals surface area contributed by atoms with Crippen molar-refractivity contribution in [2.45, 2.75) is 314 Å². The minimum absolute atomic E-state index is 0.0182. The SMILES string of the molecule is CCCCCCCCCS(=O)(=O)NCCNCC1C(O)C2C3C[C@H](CC[C@H]3O)[C@H]3NC(=O)[C@@H]4NC(=O)[C@H](CC(N)=O)NC(=O)[C@H](NC(=O)[C@@H](CC(C)C)NC)[C@H](O)[C@H]5CC[C@@H](Oc6cc4cc(c6O[C@@H]4C[C@H](CO)[C@@H](O)[C@H](O)[C@H]4O[C@H]4C[C@](C)(N)[C@H](O)[C@H](C)O4)O[C@@H]4CC[C@@H](C[C@@H]4Cl)[C@@H](O)[C@H](NC3=O)C(=O)N[C@H](C(=O)O)C2C[C@@H]1O)[C@H](Cl)C5. The van der Waals surface area contributed by atoms with Crippen LogP contribution in [0.2, 0.25) is 0 Å². The number of halogens is 2. The molecule has 36 nitrogen and oxygen atoms in total. The summed E-state index contributed by atoms with van der Waals surface area (Å²) in [7, 11) is -2.17. The Morgan fingerprint density at radius 1 is 0.703 bits per heavy atom. The lowest BCUT2D eigenvalue weighted by molar-refractivity contribution is -0.286. The van der Waals surface area contributed by atoms with Crippen LogP contribution in [0.15, 0.2) is 12.1 Å². The van der Waals surface area contributed by atoms with Gasteiger partial charge in [-0.05, 0) is 163 Å². The van der Waals surface area contributed by atoms with E-state index in [1.165, 1.54) is 19.2 Å². The number of unbranched alkanes of at least 4 members (excludes halogenated alkanes) is 6. The number of carboxylic acid groups (broad SMARTS) is 1. The van der Waals surface area contributed by atoms with Gasteiger partial charge in [-0.1, -0.05) is 59.3 Å². The molecule has 11 aliphatic rings. The number of ether oxygens (including phenoxy) is 5. The molecule has 1 aromatic rings. The zero-order chi connectivity index (χ0) is 86.1. The summed E-state index contributed by atoms with van der Waals surface area (Å²) in [6, 6.07) is -10.5. The number of nitrogens with one attached hydrogen (secondary N) is 9. The summed E-state index contributed by atoms with van der Waals surface area (Å²) in [6.45, 7) is 8.02. The molecule has 1 aromatic carbocycles. The fourth-order valence-electron chi connectivity index (χ4n) is 19.3. The van der Waals surface area contributed by atoms with Crippen molar-refractivity contribution < 1.29 is 122 Å². The highest BCUT2D eigenvalue weighted by atomic mass is 35.5. The number of likely N-dealkylation sites (N-methyl/N-ethyl adjacent to an activating group) is 1. The van der Waals surface area contributed by atoms with Crippen LogP contribution in [0.25, 0.3) is 0 Å². The summed E-state index contributed by atoms with van der Waals surface area (Å²) in [6.07, 6.45) is -16.8. The molecule has 5 saturated carbocycles. The molecule has 39 heteroatoms. The molecular formula is C79H127Cl2N11O25S.